The average Bonchev–Trinajstić information content (AvgIpc) is 3.60. The molecule has 6 heteroatoms. The Balaban J connectivity index is 0.835. The molecule has 17 rings (SSSR count). The average molecular weight is 1060 g/mol. The highest BCUT2D eigenvalue weighted by Crippen LogP contribution is 2.42. The van der Waals surface area contributed by atoms with Crippen molar-refractivity contribution in [3.8, 4) is 73.5 Å². The summed E-state index contributed by atoms with van der Waals surface area (Å²) in [5, 5.41) is 11.7. The van der Waals surface area contributed by atoms with E-state index in [0.717, 1.165) is 77.5 Å². The first-order valence-corrected chi connectivity index (χ1v) is 28.2. The van der Waals surface area contributed by atoms with Crippen molar-refractivity contribution in [1.82, 2.24) is 28.7 Å². The van der Waals surface area contributed by atoms with Crippen LogP contribution in [0.2, 0.25) is 0 Å². The van der Waals surface area contributed by atoms with Crippen molar-refractivity contribution in [1.29, 1.82) is 0 Å². The molecule has 386 valence electrons. The molecule has 0 unspecified atom stereocenters. The van der Waals surface area contributed by atoms with Crippen molar-refractivity contribution in [2.45, 2.75) is 0 Å². The monoisotopic (exact) mass is 1060 g/mol. The molecular formula is C77H48N6. The Hall–Kier alpha value is -11.2. The zero-order valence-electron chi connectivity index (χ0n) is 44.9. The summed E-state index contributed by atoms with van der Waals surface area (Å²) < 4.78 is 7.17. The maximum atomic E-state index is 5.27. The Labute approximate surface area is 477 Å². The molecule has 13 aromatic carbocycles. The van der Waals surface area contributed by atoms with Crippen LogP contribution in [0.15, 0.2) is 291 Å². The summed E-state index contributed by atoms with van der Waals surface area (Å²) in [7, 11) is 0. The van der Waals surface area contributed by atoms with Crippen LogP contribution < -0.4 is 0 Å². The number of hydrogen-bond donors (Lipinski definition) is 0. The van der Waals surface area contributed by atoms with Gasteiger partial charge in [-0.05, 0) is 153 Å². The quantitative estimate of drug-likeness (QED) is 0.152. The van der Waals surface area contributed by atoms with Gasteiger partial charge >= 0.3 is 0 Å². The summed E-state index contributed by atoms with van der Waals surface area (Å²) in [6.45, 7) is 0. The van der Waals surface area contributed by atoms with Gasteiger partial charge in [0.05, 0.1) is 33.1 Å². The van der Waals surface area contributed by atoms with Gasteiger partial charge in [0.2, 0.25) is 0 Å². The smallest absolute Gasteiger partial charge is 0.164 e. The Morgan fingerprint density at radius 3 is 0.916 bits per heavy atom. The molecule has 0 spiro atoms. The second kappa shape index (κ2) is 18.7. The Morgan fingerprint density at radius 1 is 0.193 bits per heavy atom. The zero-order chi connectivity index (χ0) is 54.5. The third-order valence-electron chi connectivity index (χ3n) is 16.9. The zero-order valence-corrected chi connectivity index (χ0v) is 44.9. The van der Waals surface area contributed by atoms with E-state index in [1.807, 2.05) is 0 Å². The number of nitrogens with zero attached hydrogens (tertiary/aromatic N) is 6. The van der Waals surface area contributed by atoms with Crippen LogP contribution >= 0.6 is 0 Å². The van der Waals surface area contributed by atoms with Crippen LogP contribution in [0, 0.1) is 0 Å². The molecule has 0 aliphatic rings. The van der Waals surface area contributed by atoms with Crippen molar-refractivity contribution in [2.75, 3.05) is 0 Å². The van der Waals surface area contributed by atoms with E-state index in [4.69, 9.17) is 15.0 Å². The highest BCUT2D eigenvalue weighted by molar-refractivity contribution is 6.15. The first kappa shape index (κ1) is 46.7. The summed E-state index contributed by atoms with van der Waals surface area (Å²) in [5.74, 6) is 1.88. The van der Waals surface area contributed by atoms with Gasteiger partial charge in [0.1, 0.15) is 0 Å². The van der Waals surface area contributed by atoms with Crippen LogP contribution in [0.4, 0.5) is 0 Å². The Bertz CT molecular complexity index is 5120. The van der Waals surface area contributed by atoms with Crippen molar-refractivity contribution < 1.29 is 0 Å². The molecule has 0 amide bonds. The van der Waals surface area contributed by atoms with E-state index in [9.17, 15) is 0 Å². The topological polar surface area (TPSA) is 53.5 Å². The first-order valence-electron chi connectivity index (χ1n) is 28.2. The van der Waals surface area contributed by atoms with E-state index in [1.54, 1.807) is 0 Å². The molecule has 0 saturated heterocycles. The summed E-state index contributed by atoms with van der Waals surface area (Å²) in [6.07, 6.45) is 0. The van der Waals surface area contributed by atoms with Crippen LogP contribution in [-0.4, -0.2) is 28.7 Å². The molecule has 0 fully saturated rings. The standard InChI is InChI=1S/C77H48N6/c1-3-21-56(22-4-1)81-69-31-13-11-27-61(69)65-45-52(35-41-71(65)81)54-37-43-73-67(47-54)68-48-55(53-36-42-72-66(46-53)62-28-12-14-32-70(62)82(72)57-23-5-2-6-24-57)38-44-74(68)83(73)58-39-33-51(34-40-58)75-78-76(63-29-15-19-49-17-7-9-25-59(49)63)80-77(79-75)64-30-16-20-50-18-8-10-26-60(50)64/h1-48H. The van der Waals surface area contributed by atoms with Crippen LogP contribution in [0.25, 0.3) is 160 Å². The second-order valence-corrected chi connectivity index (χ2v) is 21.5. The Kier molecular flexibility index (Phi) is 10.5. The van der Waals surface area contributed by atoms with Gasteiger partial charge in [-0.25, -0.2) is 15.0 Å². The number of aromatic nitrogens is 6. The molecule has 0 radical (unpaired) electrons. The fourth-order valence-electron chi connectivity index (χ4n) is 13.0. The summed E-state index contributed by atoms with van der Waals surface area (Å²) in [6, 6.07) is 105. The molecule has 6 nitrogen and oxygen atoms in total. The molecule has 4 heterocycles. The van der Waals surface area contributed by atoms with E-state index in [2.05, 4.69) is 305 Å². The Morgan fingerprint density at radius 2 is 0.494 bits per heavy atom. The molecular weight excluding hydrogens is 1010 g/mol. The van der Waals surface area contributed by atoms with Crippen LogP contribution in [-0.2, 0) is 0 Å². The van der Waals surface area contributed by atoms with Crippen LogP contribution in [0.3, 0.4) is 0 Å². The number of para-hydroxylation sites is 4. The maximum absolute atomic E-state index is 5.27. The van der Waals surface area contributed by atoms with Crippen LogP contribution in [0.1, 0.15) is 0 Å². The van der Waals surface area contributed by atoms with Gasteiger partial charge in [-0.2, -0.15) is 0 Å². The lowest BCUT2D eigenvalue weighted by molar-refractivity contribution is 1.08. The third kappa shape index (κ3) is 7.54. The van der Waals surface area contributed by atoms with Crippen molar-refractivity contribution in [3.63, 3.8) is 0 Å². The summed E-state index contributed by atoms with van der Waals surface area (Å²) in [4.78, 5) is 15.8. The molecule has 0 atom stereocenters. The number of rotatable bonds is 8. The summed E-state index contributed by atoms with van der Waals surface area (Å²) in [5.41, 5.74) is 17.8. The molecule has 0 bridgehead atoms. The third-order valence-corrected chi connectivity index (χ3v) is 16.9. The minimum Gasteiger partial charge on any atom is -0.309 e. The lowest BCUT2D eigenvalue weighted by Crippen LogP contribution is -2.01. The fraction of sp³-hybridized carbons (Fsp3) is 0. The normalized spacial score (nSPS) is 11.9. The highest BCUT2D eigenvalue weighted by atomic mass is 15.0. The predicted molar refractivity (Wildman–Crippen MR) is 345 cm³/mol. The number of fused-ring (bicyclic) bond motifs is 11. The second-order valence-electron chi connectivity index (χ2n) is 21.5. The van der Waals surface area contributed by atoms with E-state index < -0.39 is 0 Å². The van der Waals surface area contributed by atoms with Gasteiger partial charge in [-0.3, -0.25) is 0 Å². The SMILES string of the molecule is c1ccc(-n2c3ccccc3c3cc(-c4ccc5c(c4)c4cc(-c6ccc7c(c6)c6ccccc6n7-c6ccccc6)ccc4n5-c4ccc(-c5nc(-c6cccc7ccccc67)nc(-c6cccc7ccccc67)n5)cc4)ccc32)cc1. The number of hydrogen-bond acceptors (Lipinski definition) is 3. The van der Waals surface area contributed by atoms with E-state index in [-0.39, 0.29) is 0 Å². The maximum Gasteiger partial charge on any atom is 0.164 e. The van der Waals surface area contributed by atoms with Gasteiger partial charge in [0.15, 0.2) is 17.5 Å². The van der Waals surface area contributed by atoms with Crippen LogP contribution in [0.5, 0.6) is 0 Å². The lowest BCUT2D eigenvalue weighted by atomic mass is 9.98. The van der Waals surface area contributed by atoms with Crippen molar-refractivity contribution in [2.24, 2.45) is 0 Å². The van der Waals surface area contributed by atoms with Gasteiger partial charge in [0, 0.05) is 66.1 Å². The molecule has 0 N–H and O–H groups in total. The fourth-order valence-corrected chi connectivity index (χ4v) is 13.0. The molecule has 83 heavy (non-hydrogen) atoms. The van der Waals surface area contributed by atoms with Gasteiger partial charge < -0.3 is 13.7 Å². The minimum atomic E-state index is 0.613. The van der Waals surface area contributed by atoms with E-state index in [1.165, 1.54) is 65.5 Å². The predicted octanol–water partition coefficient (Wildman–Crippen LogP) is 19.8. The molecule has 17 aromatic rings. The summed E-state index contributed by atoms with van der Waals surface area (Å²) >= 11 is 0. The molecule has 4 aromatic heterocycles. The first-order chi connectivity index (χ1) is 41.1. The minimum absolute atomic E-state index is 0.613. The molecule has 0 aliphatic carbocycles. The van der Waals surface area contributed by atoms with Gasteiger partial charge in [0.25, 0.3) is 0 Å². The molecule has 0 saturated carbocycles. The van der Waals surface area contributed by atoms with Crippen molar-refractivity contribution >= 4 is 87.0 Å². The lowest BCUT2D eigenvalue weighted by Gasteiger charge is -2.13. The van der Waals surface area contributed by atoms with E-state index in [0.29, 0.717) is 17.5 Å². The van der Waals surface area contributed by atoms with Crippen molar-refractivity contribution in [3.05, 3.63) is 291 Å². The van der Waals surface area contributed by atoms with Gasteiger partial charge in [-0.1, -0.05) is 182 Å². The van der Waals surface area contributed by atoms with E-state index >= 15 is 0 Å². The largest absolute Gasteiger partial charge is 0.309 e. The van der Waals surface area contributed by atoms with Gasteiger partial charge in [-0.15, -0.1) is 0 Å². The molecule has 0 aliphatic heterocycles. The number of benzene rings is 13. The highest BCUT2D eigenvalue weighted by Gasteiger charge is 2.21.